The number of carbonyl (C=O) groups is 1. The molecule has 5 rings (SSSR count). The van der Waals surface area contributed by atoms with Gasteiger partial charge in [-0.2, -0.15) is 5.26 Å². The first-order chi connectivity index (χ1) is 20.4. The van der Waals surface area contributed by atoms with E-state index in [0.717, 1.165) is 44.9 Å². The summed E-state index contributed by atoms with van der Waals surface area (Å²) in [5, 5.41) is 18.4. The number of carboxylic acid groups (broad SMARTS) is 1. The van der Waals surface area contributed by atoms with Gasteiger partial charge in [0.25, 0.3) is 0 Å². The van der Waals surface area contributed by atoms with E-state index in [9.17, 15) is 9.90 Å². The molecule has 0 saturated carbocycles. The highest BCUT2D eigenvalue weighted by molar-refractivity contribution is 5.96. The van der Waals surface area contributed by atoms with Gasteiger partial charge in [-0.3, -0.25) is 0 Å². The summed E-state index contributed by atoms with van der Waals surface area (Å²) in [7, 11) is 0. The molecule has 204 valence electrons. The maximum Gasteiger partial charge on any atom is 0.346 e. The fraction of sp³-hybridized carbons (Fsp3) is 0.0526. The van der Waals surface area contributed by atoms with Crippen LogP contribution in [0.1, 0.15) is 33.4 Å². The van der Waals surface area contributed by atoms with E-state index < -0.39 is 5.97 Å². The Kier molecular flexibility index (Phi) is 8.42. The van der Waals surface area contributed by atoms with E-state index in [0.29, 0.717) is 5.56 Å². The van der Waals surface area contributed by atoms with E-state index in [2.05, 4.69) is 116 Å². The van der Waals surface area contributed by atoms with E-state index in [-0.39, 0.29) is 5.57 Å². The average Bonchev–Trinajstić information content (AvgIpc) is 3.02. The van der Waals surface area contributed by atoms with Crippen LogP contribution >= 0.6 is 0 Å². The fourth-order valence-electron chi connectivity index (χ4n) is 4.97. The Morgan fingerprint density at radius 1 is 0.690 bits per heavy atom. The molecule has 0 aromatic heterocycles. The Balaban J connectivity index is 1.56. The summed E-state index contributed by atoms with van der Waals surface area (Å²) < 4.78 is 0. The van der Waals surface area contributed by atoms with Gasteiger partial charge in [0, 0.05) is 17.1 Å². The minimum Gasteiger partial charge on any atom is -0.477 e. The number of rotatable bonds is 8. The van der Waals surface area contributed by atoms with E-state index in [4.69, 9.17) is 5.26 Å². The molecule has 0 aliphatic heterocycles. The van der Waals surface area contributed by atoms with Gasteiger partial charge in [0.15, 0.2) is 0 Å². The molecule has 0 bridgehead atoms. The summed E-state index contributed by atoms with van der Waals surface area (Å²) in [6.07, 6.45) is 3.60. The van der Waals surface area contributed by atoms with Crippen molar-refractivity contribution in [3.8, 4) is 6.07 Å². The maximum atomic E-state index is 11.3. The highest BCUT2D eigenvalue weighted by Crippen LogP contribution is 2.37. The topological polar surface area (TPSA) is 64.3 Å². The Bertz CT molecular complexity index is 1750. The lowest BCUT2D eigenvalue weighted by Crippen LogP contribution is -2.11. The molecule has 0 aliphatic rings. The van der Waals surface area contributed by atoms with Crippen LogP contribution in [0.2, 0.25) is 0 Å². The number of benzene rings is 5. The summed E-state index contributed by atoms with van der Waals surface area (Å²) >= 11 is 0. The van der Waals surface area contributed by atoms with Crippen molar-refractivity contribution in [2.75, 3.05) is 4.90 Å². The predicted molar refractivity (Wildman–Crippen MR) is 172 cm³/mol. The van der Waals surface area contributed by atoms with Gasteiger partial charge in [-0.1, -0.05) is 103 Å². The molecule has 5 aromatic carbocycles. The summed E-state index contributed by atoms with van der Waals surface area (Å²) in [6.45, 7) is 4.18. The van der Waals surface area contributed by atoms with Gasteiger partial charge in [-0.15, -0.1) is 0 Å². The van der Waals surface area contributed by atoms with Crippen molar-refractivity contribution in [2.24, 2.45) is 0 Å². The van der Waals surface area contributed by atoms with Crippen LogP contribution in [0.4, 0.5) is 17.1 Å². The van der Waals surface area contributed by atoms with Crippen LogP contribution in [0, 0.1) is 25.2 Å². The molecule has 0 atom stereocenters. The summed E-state index contributed by atoms with van der Waals surface area (Å²) in [4.78, 5) is 13.5. The van der Waals surface area contributed by atoms with Crippen molar-refractivity contribution in [2.45, 2.75) is 13.8 Å². The number of nitrogens with zero attached hydrogens (tertiary/aromatic N) is 2. The van der Waals surface area contributed by atoms with Gasteiger partial charge in [-0.25, -0.2) is 4.79 Å². The molecule has 1 N–H and O–H groups in total. The standard InChI is InChI=1S/C38H30N2O2/c1-27-13-22-37(28(2)23-27)40(34-18-14-29(15-19-34)24-33(26-39)38(41)42)35-20-16-30(17-21-35)25-36(31-9-5-3-6-10-31)32-11-7-4-8-12-32/h3-25H,1-2H3,(H,41,42)/b33-24+. The average molecular weight is 547 g/mol. The Morgan fingerprint density at radius 3 is 1.64 bits per heavy atom. The molecule has 5 aromatic rings. The first-order valence-corrected chi connectivity index (χ1v) is 13.7. The van der Waals surface area contributed by atoms with E-state index in [1.54, 1.807) is 6.07 Å². The van der Waals surface area contributed by atoms with Crippen molar-refractivity contribution >= 4 is 40.8 Å². The second-order valence-corrected chi connectivity index (χ2v) is 10.1. The molecular weight excluding hydrogens is 516 g/mol. The summed E-state index contributed by atoms with van der Waals surface area (Å²) in [5.74, 6) is -1.24. The van der Waals surface area contributed by atoms with E-state index >= 15 is 0 Å². The largest absolute Gasteiger partial charge is 0.477 e. The van der Waals surface area contributed by atoms with Crippen LogP contribution in [0.25, 0.3) is 17.7 Å². The molecular formula is C38H30N2O2. The van der Waals surface area contributed by atoms with E-state index in [1.807, 2.05) is 36.4 Å². The Labute approximate surface area is 246 Å². The zero-order valence-electron chi connectivity index (χ0n) is 23.5. The molecule has 0 saturated heterocycles. The minimum absolute atomic E-state index is 0.303. The number of nitriles is 1. The Hall–Kier alpha value is -5.66. The van der Waals surface area contributed by atoms with Gasteiger partial charge in [0.05, 0.1) is 0 Å². The molecule has 0 amide bonds. The summed E-state index contributed by atoms with van der Waals surface area (Å²) in [6, 6.07) is 44.9. The van der Waals surface area contributed by atoms with Crippen LogP contribution in [0.15, 0.2) is 133 Å². The molecule has 0 spiro atoms. The second kappa shape index (κ2) is 12.7. The third-order valence-electron chi connectivity index (χ3n) is 7.04. The van der Waals surface area contributed by atoms with E-state index in [1.165, 1.54) is 11.6 Å². The molecule has 0 radical (unpaired) electrons. The predicted octanol–water partition coefficient (Wildman–Crippen LogP) is 9.35. The zero-order valence-corrected chi connectivity index (χ0v) is 23.5. The van der Waals surface area contributed by atoms with Gasteiger partial charge < -0.3 is 10.0 Å². The van der Waals surface area contributed by atoms with Crippen LogP contribution in [0.5, 0.6) is 0 Å². The first kappa shape index (κ1) is 27.9. The normalized spacial score (nSPS) is 10.9. The summed E-state index contributed by atoms with van der Waals surface area (Å²) in [5.41, 5.74) is 10.2. The lowest BCUT2D eigenvalue weighted by molar-refractivity contribution is -0.132. The van der Waals surface area contributed by atoms with Crippen LogP contribution in [-0.4, -0.2) is 11.1 Å². The van der Waals surface area contributed by atoms with Crippen LogP contribution in [-0.2, 0) is 4.79 Å². The Morgan fingerprint density at radius 2 is 1.19 bits per heavy atom. The van der Waals surface area contributed by atoms with Crippen molar-refractivity contribution in [1.29, 1.82) is 5.26 Å². The SMILES string of the molecule is Cc1ccc(N(c2ccc(C=C(c3ccccc3)c3ccccc3)cc2)c2ccc(/C=C(\C#N)C(=O)O)cc2)c(C)c1. The van der Waals surface area contributed by atoms with Gasteiger partial charge in [-0.05, 0) is 89.7 Å². The number of hydrogen-bond donors (Lipinski definition) is 1. The molecule has 4 heteroatoms. The number of anilines is 3. The van der Waals surface area contributed by atoms with Gasteiger partial charge in [0.2, 0.25) is 0 Å². The van der Waals surface area contributed by atoms with Crippen molar-refractivity contribution in [3.05, 3.63) is 166 Å². The monoisotopic (exact) mass is 546 g/mol. The first-order valence-electron chi connectivity index (χ1n) is 13.7. The molecule has 4 nitrogen and oxygen atoms in total. The van der Waals surface area contributed by atoms with Gasteiger partial charge >= 0.3 is 5.97 Å². The number of aryl methyl sites for hydroxylation is 2. The van der Waals surface area contributed by atoms with Crippen molar-refractivity contribution in [1.82, 2.24) is 0 Å². The fourth-order valence-corrected chi connectivity index (χ4v) is 4.97. The third kappa shape index (κ3) is 6.38. The quantitative estimate of drug-likeness (QED) is 0.120. The van der Waals surface area contributed by atoms with Gasteiger partial charge in [0.1, 0.15) is 11.6 Å². The number of aliphatic carboxylic acids is 1. The zero-order chi connectivity index (χ0) is 29.5. The highest BCUT2D eigenvalue weighted by Gasteiger charge is 2.15. The van der Waals surface area contributed by atoms with Crippen molar-refractivity contribution in [3.63, 3.8) is 0 Å². The third-order valence-corrected chi connectivity index (χ3v) is 7.04. The molecule has 0 fully saturated rings. The molecule has 0 heterocycles. The number of hydrogen-bond acceptors (Lipinski definition) is 3. The second-order valence-electron chi connectivity index (χ2n) is 10.1. The lowest BCUT2D eigenvalue weighted by atomic mass is 9.95. The molecule has 0 unspecified atom stereocenters. The van der Waals surface area contributed by atoms with Crippen LogP contribution < -0.4 is 4.90 Å². The molecule has 0 aliphatic carbocycles. The number of carboxylic acids is 1. The van der Waals surface area contributed by atoms with Crippen LogP contribution in [0.3, 0.4) is 0 Å². The molecule has 42 heavy (non-hydrogen) atoms. The maximum absolute atomic E-state index is 11.3. The highest BCUT2D eigenvalue weighted by atomic mass is 16.4. The minimum atomic E-state index is -1.24. The van der Waals surface area contributed by atoms with Crippen molar-refractivity contribution < 1.29 is 9.90 Å². The smallest absolute Gasteiger partial charge is 0.346 e. The lowest BCUT2D eigenvalue weighted by Gasteiger charge is -2.27.